The molecule has 0 saturated carbocycles. The molecule has 0 rings (SSSR count). The number of carboxylic acid groups (broad SMARTS) is 1. The number of carbonyl (C=O) groups is 5. The van der Waals surface area contributed by atoms with Gasteiger partial charge in [0.15, 0.2) is 5.96 Å². The number of nitrogens with one attached hydrogen (secondary N) is 3. The summed E-state index contributed by atoms with van der Waals surface area (Å²) >= 11 is 1.47. The zero-order valence-electron chi connectivity index (χ0n) is 21.0. The molecule has 0 spiro atoms. The Labute approximate surface area is 215 Å². The van der Waals surface area contributed by atoms with Crippen molar-refractivity contribution < 1.29 is 29.1 Å². The number of carboxylic acids is 1. The van der Waals surface area contributed by atoms with Gasteiger partial charge >= 0.3 is 5.97 Å². The summed E-state index contributed by atoms with van der Waals surface area (Å²) in [7, 11) is 0. The van der Waals surface area contributed by atoms with Gasteiger partial charge in [-0.1, -0.05) is 13.8 Å². The van der Waals surface area contributed by atoms with Crippen LogP contribution in [0.25, 0.3) is 0 Å². The van der Waals surface area contributed by atoms with Crippen LogP contribution >= 0.6 is 11.8 Å². The van der Waals surface area contributed by atoms with E-state index in [2.05, 4.69) is 20.9 Å². The molecule has 15 heteroatoms. The van der Waals surface area contributed by atoms with E-state index in [1.54, 1.807) is 0 Å². The lowest BCUT2D eigenvalue weighted by atomic mass is 10.0. The second kappa shape index (κ2) is 17.4. The first kappa shape index (κ1) is 32.9. The molecule has 206 valence electrons. The lowest BCUT2D eigenvalue weighted by Gasteiger charge is -2.26. The van der Waals surface area contributed by atoms with Crippen molar-refractivity contribution in [1.82, 2.24) is 16.0 Å². The highest BCUT2D eigenvalue weighted by molar-refractivity contribution is 7.98. The van der Waals surface area contributed by atoms with Gasteiger partial charge in [-0.05, 0) is 43.6 Å². The number of carbonyl (C=O) groups excluding carboxylic acids is 4. The van der Waals surface area contributed by atoms with Crippen LogP contribution in [-0.4, -0.2) is 83.4 Å². The van der Waals surface area contributed by atoms with E-state index >= 15 is 0 Å². The minimum atomic E-state index is -1.54. The number of aliphatic carboxylic acids is 1. The van der Waals surface area contributed by atoms with E-state index in [1.165, 1.54) is 11.8 Å². The molecule has 0 aromatic rings. The molecule has 12 N–H and O–H groups in total. The second-order valence-corrected chi connectivity index (χ2v) is 9.64. The van der Waals surface area contributed by atoms with Crippen molar-refractivity contribution in [3.63, 3.8) is 0 Å². The summed E-state index contributed by atoms with van der Waals surface area (Å²) in [6, 6.07) is -4.51. The molecule has 0 radical (unpaired) electrons. The number of nitrogens with two attached hydrogens (primary N) is 4. The lowest BCUT2D eigenvalue weighted by Crippen LogP contribution is -2.57. The van der Waals surface area contributed by atoms with Gasteiger partial charge in [-0.3, -0.25) is 24.2 Å². The maximum Gasteiger partial charge on any atom is 0.326 e. The minimum absolute atomic E-state index is 0.0432. The molecule has 4 unspecified atom stereocenters. The van der Waals surface area contributed by atoms with Crippen molar-refractivity contribution in [3.05, 3.63) is 0 Å². The van der Waals surface area contributed by atoms with Crippen LogP contribution in [0.2, 0.25) is 0 Å². The fraction of sp³-hybridized carbons (Fsp3) is 0.714. The Morgan fingerprint density at radius 2 is 1.44 bits per heavy atom. The third-order valence-corrected chi connectivity index (χ3v) is 5.55. The molecule has 0 aliphatic rings. The monoisotopic (exact) mass is 532 g/mol. The first-order chi connectivity index (χ1) is 16.8. The summed E-state index contributed by atoms with van der Waals surface area (Å²) in [5.41, 5.74) is 21.5. The third-order valence-electron chi connectivity index (χ3n) is 4.91. The largest absolute Gasteiger partial charge is 0.480 e. The van der Waals surface area contributed by atoms with Gasteiger partial charge in [-0.25, -0.2) is 4.79 Å². The van der Waals surface area contributed by atoms with Crippen LogP contribution < -0.4 is 38.9 Å². The van der Waals surface area contributed by atoms with Crippen molar-refractivity contribution in [2.24, 2.45) is 33.8 Å². The molecule has 0 aromatic heterocycles. The quantitative estimate of drug-likeness (QED) is 0.0526. The van der Waals surface area contributed by atoms with Crippen LogP contribution in [0.4, 0.5) is 0 Å². The Balaban J connectivity index is 5.39. The number of amides is 4. The average Bonchev–Trinajstić information content (AvgIpc) is 2.77. The molecule has 0 fully saturated rings. The number of hydrogen-bond acceptors (Lipinski definition) is 8. The number of thioether (sulfide) groups is 1. The zero-order chi connectivity index (χ0) is 27.8. The zero-order valence-corrected chi connectivity index (χ0v) is 21.8. The van der Waals surface area contributed by atoms with Gasteiger partial charge in [0, 0.05) is 6.54 Å². The molecule has 14 nitrogen and oxygen atoms in total. The summed E-state index contributed by atoms with van der Waals surface area (Å²) in [6.45, 7) is 3.94. The molecule has 0 aliphatic heterocycles. The molecule has 0 heterocycles. The fourth-order valence-corrected chi connectivity index (χ4v) is 3.55. The Kier molecular flexibility index (Phi) is 15.9. The van der Waals surface area contributed by atoms with Gasteiger partial charge in [0.25, 0.3) is 0 Å². The van der Waals surface area contributed by atoms with Crippen LogP contribution in [0.15, 0.2) is 4.99 Å². The number of hydrogen-bond donors (Lipinski definition) is 8. The molecule has 4 amide bonds. The predicted octanol–water partition coefficient (Wildman–Crippen LogP) is -2.42. The van der Waals surface area contributed by atoms with E-state index in [9.17, 15) is 29.1 Å². The van der Waals surface area contributed by atoms with Gasteiger partial charge in [0.1, 0.15) is 18.1 Å². The maximum absolute atomic E-state index is 13.0. The summed E-state index contributed by atoms with van der Waals surface area (Å²) < 4.78 is 0. The first-order valence-electron chi connectivity index (χ1n) is 11.5. The van der Waals surface area contributed by atoms with Crippen molar-refractivity contribution in [3.8, 4) is 0 Å². The van der Waals surface area contributed by atoms with Crippen LogP contribution in [0, 0.1) is 5.92 Å². The number of aliphatic imine (C=N–C) groups is 1. The van der Waals surface area contributed by atoms with E-state index in [0.717, 1.165) is 0 Å². The van der Waals surface area contributed by atoms with E-state index < -0.39 is 60.2 Å². The van der Waals surface area contributed by atoms with Crippen molar-refractivity contribution in [1.29, 1.82) is 0 Å². The summed E-state index contributed by atoms with van der Waals surface area (Å²) in [5.74, 6) is -3.84. The van der Waals surface area contributed by atoms with Gasteiger partial charge in [0.05, 0.1) is 12.5 Å². The average molecular weight is 533 g/mol. The van der Waals surface area contributed by atoms with Gasteiger partial charge < -0.3 is 44.0 Å². The topological polar surface area (TPSA) is 258 Å². The number of rotatable bonds is 18. The van der Waals surface area contributed by atoms with Crippen LogP contribution in [-0.2, 0) is 24.0 Å². The first-order valence-corrected chi connectivity index (χ1v) is 12.9. The number of nitrogens with zero attached hydrogens (tertiary/aromatic N) is 1. The van der Waals surface area contributed by atoms with Gasteiger partial charge in [-0.2, -0.15) is 11.8 Å². The summed E-state index contributed by atoms with van der Waals surface area (Å²) in [6.07, 6.45) is 2.45. The molecule has 0 aliphatic carbocycles. The van der Waals surface area contributed by atoms with Gasteiger partial charge in [-0.15, -0.1) is 0 Å². The highest BCUT2D eigenvalue weighted by atomic mass is 32.2. The molecule has 0 aromatic carbocycles. The highest BCUT2D eigenvalue weighted by Gasteiger charge is 2.31. The summed E-state index contributed by atoms with van der Waals surface area (Å²) in [4.78, 5) is 64.8. The SMILES string of the molecule is CSCCC(NC(=O)C(N)CCCN=C(N)N)C(=O)NC(CC(C)C)C(=O)NC(CC(N)=O)C(=O)O. The summed E-state index contributed by atoms with van der Waals surface area (Å²) in [5, 5.41) is 16.7. The predicted molar refractivity (Wildman–Crippen MR) is 138 cm³/mol. The van der Waals surface area contributed by atoms with Crippen LogP contribution in [0.1, 0.15) is 46.0 Å². The van der Waals surface area contributed by atoms with Crippen molar-refractivity contribution in [2.75, 3.05) is 18.6 Å². The molecule has 36 heavy (non-hydrogen) atoms. The standard InChI is InChI=1S/C21H40N8O6S/c1-11(2)9-14(19(33)29-15(20(34)35)10-16(23)30)28-18(32)13(6-8-36-3)27-17(31)12(22)5-4-7-26-21(24)25/h11-15H,4-10,22H2,1-3H3,(H2,23,30)(H,27,31)(H,28,32)(H,29,33)(H,34,35)(H4,24,25,26). The van der Waals surface area contributed by atoms with E-state index in [1.807, 2.05) is 20.1 Å². The van der Waals surface area contributed by atoms with E-state index in [-0.39, 0.29) is 31.1 Å². The molecular weight excluding hydrogens is 492 g/mol. The molecular formula is C21H40N8O6S. The minimum Gasteiger partial charge on any atom is -0.480 e. The van der Waals surface area contributed by atoms with Crippen molar-refractivity contribution in [2.45, 2.75) is 70.1 Å². The maximum atomic E-state index is 13.0. The van der Waals surface area contributed by atoms with Crippen molar-refractivity contribution >= 4 is 47.3 Å². The Bertz CT molecular complexity index is 790. The second-order valence-electron chi connectivity index (χ2n) is 8.66. The normalized spacial score (nSPS) is 14.1. The molecule has 4 atom stereocenters. The number of guanidine groups is 1. The molecule has 0 bridgehead atoms. The highest BCUT2D eigenvalue weighted by Crippen LogP contribution is 2.09. The lowest BCUT2D eigenvalue weighted by molar-refractivity contribution is -0.143. The molecule has 0 saturated heterocycles. The fourth-order valence-electron chi connectivity index (χ4n) is 3.08. The third kappa shape index (κ3) is 14.4. The van der Waals surface area contributed by atoms with Crippen LogP contribution in [0.3, 0.4) is 0 Å². The van der Waals surface area contributed by atoms with Crippen LogP contribution in [0.5, 0.6) is 0 Å². The van der Waals surface area contributed by atoms with Gasteiger partial charge in [0.2, 0.25) is 23.6 Å². The van der Waals surface area contributed by atoms with E-state index in [0.29, 0.717) is 18.7 Å². The Morgan fingerprint density at radius 3 is 1.94 bits per heavy atom. The Morgan fingerprint density at radius 1 is 0.889 bits per heavy atom. The van der Waals surface area contributed by atoms with E-state index in [4.69, 9.17) is 22.9 Å². The Hall–Kier alpha value is -3.07. The smallest absolute Gasteiger partial charge is 0.326 e. The number of primary amides is 1.